The molecule has 0 unspecified atom stereocenters. The molecule has 2 aliphatic heterocycles. The van der Waals surface area contributed by atoms with Crippen LogP contribution in [0, 0.1) is 12.8 Å². The van der Waals surface area contributed by atoms with Crippen molar-refractivity contribution in [1.29, 1.82) is 0 Å². The summed E-state index contributed by atoms with van der Waals surface area (Å²) in [6, 6.07) is 25.7. The largest absolute Gasteiger partial charge is 0.372 e. The first-order valence-corrected chi connectivity index (χ1v) is 18.4. The molecule has 0 atom stereocenters. The first-order valence-electron chi connectivity index (χ1n) is 18.4. The number of hydrogen-bond acceptors (Lipinski definition) is 8. The number of aryl methyl sites for hydroxylation is 1. The summed E-state index contributed by atoms with van der Waals surface area (Å²) in [6.45, 7) is 10.8. The normalized spacial score (nSPS) is 15.6. The summed E-state index contributed by atoms with van der Waals surface area (Å²) < 4.78 is 0. The van der Waals surface area contributed by atoms with E-state index >= 15 is 0 Å². The van der Waals surface area contributed by atoms with Gasteiger partial charge in [-0.25, -0.2) is 9.97 Å². The molecule has 4 N–H and O–H groups in total. The highest BCUT2D eigenvalue weighted by Gasteiger charge is 2.24. The minimum absolute atomic E-state index is 0.105. The van der Waals surface area contributed by atoms with Gasteiger partial charge in [0.25, 0.3) is 0 Å². The number of aromatic nitrogens is 3. The zero-order valence-electron chi connectivity index (χ0n) is 30.2. The Morgan fingerprint density at radius 1 is 0.865 bits per heavy atom. The van der Waals surface area contributed by atoms with Crippen LogP contribution in [0.5, 0.6) is 0 Å². The summed E-state index contributed by atoms with van der Waals surface area (Å²) in [7, 11) is 1.97. The summed E-state index contributed by atoms with van der Waals surface area (Å²) in [4.78, 5) is 42.8. The number of benzene rings is 3. The van der Waals surface area contributed by atoms with Crippen LogP contribution in [0.3, 0.4) is 0 Å². The van der Waals surface area contributed by atoms with E-state index in [1.54, 1.807) is 6.33 Å². The Labute approximate surface area is 305 Å². The van der Waals surface area contributed by atoms with Crippen molar-refractivity contribution in [2.75, 3.05) is 74.5 Å². The maximum atomic E-state index is 12.0. The van der Waals surface area contributed by atoms with Crippen LogP contribution in [0.2, 0.25) is 0 Å². The monoisotopic (exact) mass is 699 g/mol. The van der Waals surface area contributed by atoms with Gasteiger partial charge in [0.05, 0.1) is 5.69 Å². The Hall–Kier alpha value is -5.26. The Bertz CT molecular complexity index is 1960. The number of carbonyl (C=O) groups is 2. The molecule has 2 aliphatic rings. The average molecular weight is 700 g/mol. The number of H-pyrrole nitrogens is 1. The predicted octanol–water partition coefficient (Wildman–Crippen LogP) is 5.43. The molecular formula is C41H49N9O2. The Morgan fingerprint density at radius 3 is 2.25 bits per heavy atom. The first kappa shape index (κ1) is 35.2. The molecule has 0 radical (unpaired) electrons. The number of piperazine rings is 1. The van der Waals surface area contributed by atoms with Gasteiger partial charge in [0.2, 0.25) is 12.3 Å². The number of nitrogens with one attached hydrogen (secondary N) is 4. The lowest BCUT2D eigenvalue weighted by Crippen LogP contribution is -2.49. The highest BCUT2D eigenvalue weighted by molar-refractivity contribution is 5.94. The van der Waals surface area contributed by atoms with E-state index in [4.69, 9.17) is 0 Å². The van der Waals surface area contributed by atoms with Crippen LogP contribution in [0.4, 0.5) is 17.1 Å². The van der Waals surface area contributed by atoms with Gasteiger partial charge in [-0.1, -0.05) is 24.3 Å². The zero-order valence-corrected chi connectivity index (χ0v) is 30.2. The van der Waals surface area contributed by atoms with Crippen molar-refractivity contribution < 1.29 is 9.59 Å². The van der Waals surface area contributed by atoms with Crippen molar-refractivity contribution in [2.24, 2.45) is 5.92 Å². The van der Waals surface area contributed by atoms with Crippen LogP contribution >= 0.6 is 0 Å². The lowest BCUT2D eigenvalue weighted by Gasteiger charge is -2.40. The molecule has 0 spiro atoms. The van der Waals surface area contributed by atoms with Gasteiger partial charge in [-0.2, -0.15) is 0 Å². The average Bonchev–Trinajstić information content (AvgIpc) is 3.62. The van der Waals surface area contributed by atoms with Gasteiger partial charge in [0, 0.05) is 99.0 Å². The molecule has 2 amide bonds. The SMILES string of the molecule is CNCc1ccc(-c2ncnc3[nH]c(-c4ccc(N5CCN(CC6CCN(c7ccc(NC(=O)CCNC=O)cc7)CC6)CC5)cc4)cc23)cc1C. The lowest BCUT2D eigenvalue weighted by molar-refractivity contribution is -0.116. The summed E-state index contributed by atoms with van der Waals surface area (Å²) in [5, 5.41) is 9.68. The van der Waals surface area contributed by atoms with Gasteiger partial charge >= 0.3 is 0 Å². The molecule has 7 rings (SSSR count). The third-order valence-corrected chi connectivity index (χ3v) is 10.6. The number of anilines is 3. The first-order chi connectivity index (χ1) is 25.5. The number of hydrogen-bond donors (Lipinski definition) is 4. The number of amides is 2. The molecule has 2 saturated heterocycles. The number of nitrogens with zero attached hydrogens (tertiary/aromatic N) is 5. The maximum absolute atomic E-state index is 12.0. The van der Waals surface area contributed by atoms with Gasteiger partial charge in [0.15, 0.2) is 0 Å². The van der Waals surface area contributed by atoms with Crippen molar-refractivity contribution in [2.45, 2.75) is 32.7 Å². The van der Waals surface area contributed by atoms with Crippen molar-refractivity contribution in [3.63, 3.8) is 0 Å². The number of aromatic amines is 1. The molecule has 2 fully saturated rings. The van der Waals surface area contributed by atoms with Gasteiger partial charge in [-0.15, -0.1) is 0 Å². The standard InChI is InChI=1S/C41H49N9O2/c1-29-23-32(3-4-33(29)25-42-2)40-37-24-38(47-41(37)45-27-44-40)31-5-9-35(10-6-31)50-21-19-48(20-22-50)26-30-14-17-49(18-15-30)36-11-7-34(8-12-36)46-39(52)13-16-43-28-51/h3-12,23-24,27-28,30,42H,13-22,25-26H2,1-2H3,(H,43,51)(H,46,52)(H,44,45,47). The molecule has 11 heteroatoms. The van der Waals surface area contributed by atoms with Crippen LogP contribution in [0.25, 0.3) is 33.5 Å². The molecule has 52 heavy (non-hydrogen) atoms. The van der Waals surface area contributed by atoms with Crippen LogP contribution in [-0.2, 0) is 16.1 Å². The molecule has 2 aromatic heterocycles. The number of carbonyl (C=O) groups excluding carboxylic acids is 2. The molecular weight excluding hydrogens is 651 g/mol. The molecule has 5 aromatic rings. The van der Waals surface area contributed by atoms with E-state index < -0.39 is 0 Å². The van der Waals surface area contributed by atoms with Crippen LogP contribution in [-0.4, -0.2) is 91.6 Å². The van der Waals surface area contributed by atoms with Crippen molar-refractivity contribution in [3.05, 3.63) is 90.3 Å². The molecule has 0 bridgehead atoms. The van der Waals surface area contributed by atoms with Gasteiger partial charge in [-0.05, 0) is 98.0 Å². The predicted molar refractivity (Wildman–Crippen MR) is 210 cm³/mol. The van der Waals surface area contributed by atoms with E-state index in [1.165, 1.54) is 35.3 Å². The molecule has 0 aliphatic carbocycles. The third kappa shape index (κ3) is 8.27. The van der Waals surface area contributed by atoms with Crippen molar-refractivity contribution in [1.82, 2.24) is 30.5 Å². The summed E-state index contributed by atoms with van der Waals surface area (Å²) in [6.07, 6.45) is 4.89. The molecule has 270 valence electrons. The third-order valence-electron chi connectivity index (χ3n) is 10.6. The number of rotatable bonds is 13. The number of piperidine rings is 1. The highest BCUT2D eigenvalue weighted by atomic mass is 16.1. The smallest absolute Gasteiger partial charge is 0.226 e. The minimum atomic E-state index is -0.105. The summed E-state index contributed by atoms with van der Waals surface area (Å²) in [5.41, 5.74) is 10.9. The topological polar surface area (TPSA) is 122 Å². The minimum Gasteiger partial charge on any atom is -0.372 e. The Morgan fingerprint density at radius 2 is 1.56 bits per heavy atom. The fourth-order valence-electron chi connectivity index (χ4n) is 7.56. The second-order valence-corrected chi connectivity index (χ2v) is 14.0. The molecule has 0 saturated carbocycles. The van der Waals surface area contributed by atoms with Gasteiger partial charge in [0.1, 0.15) is 12.0 Å². The van der Waals surface area contributed by atoms with Crippen LogP contribution in [0.15, 0.2) is 79.1 Å². The highest BCUT2D eigenvalue weighted by Crippen LogP contribution is 2.32. The Balaban J connectivity index is 0.884. The Kier molecular flexibility index (Phi) is 11.1. The van der Waals surface area contributed by atoms with Gasteiger partial charge < -0.3 is 30.7 Å². The van der Waals surface area contributed by atoms with E-state index in [-0.39, 0.29) is 12.3 Å². The second kappa shape index (κ2) is 16.4. The van der Waals surface area contributed by atoms with Crippen molar-refractivity contribution in [3.8, 4) is 22.5 Å². The van der Waals surface area contributed by atoms with Crippen LogP contribution < -0.4 is 25.8 Å². The maximum Gasteiger partial charge on any atom is 0.226 e. The summed E-state index contributed by atoms with van der Waals surface area (Å²) >= 11 is 0. The van der Waals surface area contributed by atoms with Gasteiger partial charge in [-0.3, -0.25) is 14.5 Å². The summed E-state index contributed by atoms with van der Waals surface area (Å²) in [5.74, 6) is 0.607. The van der Waals surface area contributed by atoms with E-state index in [0.717, 1.165) is 91.6 Å². The zero-order chi connectivity index (χ0) is 35.9. The van der Waals surface area contributed by atoms with Crippen LogP contribution in [0.1, 0.15) is 30.4 Å². The molecule has 4 heterocycles. The molecule has 3 aromatic carbocycles. The number of fused-ring (bicyclic) bond motifs is 1. The molecule has 11 nitrogen and oxygen atoms in total. The van der Waals surface area contributed by atoms with E-state index in [2.05, 4.69) is 113 Å². The fourth-order valence-corrected chi connectivity index (χ4v) is 7.56. The lowest BCUT2D eigenvalue weighted by atomic mass is 9.95. The second-order valence-electron chi connectivity index (χ2n) is 14.0. The van der Waals surface area contributed by atoms with E-state index in [9.17, 15) is 9.59 Å². The fraction of sp³-hybridized carbons (Fsp3) is 0.366. The quantitative estimate of drug-likeness (QED) is 0.0949. The van der Waals surface area contributed by atoms with Crippen molar-refractivity contribution >= 4 is 40.4 Å². The van der Waals surface area contributed by atoms with E-state index in [0.29, 0.717) is 18.9 Å². The van der Waals surface area contributed by atoms with E-state index in [1.807, 2.05) is 19.2 Å².